The molecule has 0 spiro atoms. The zero-order valence-corrected chi connectivity index (χ0v) is 19.2. The highest BCUT2D eigenvalue weighted by molar-refractivity contribution is 7.99. The summed E-state index contributed by atoms with van der Waals surface area (Å²) in [6.45, 7) is 2.97. The van der Waals surface area contributed by atoms with Gasteiger partial charge in [-0.2, -0.15) is 11.8 Å². The molecule has 31 heavy (non-hydrogen) atoms. The van der Waals surface area contributed by atoms with Gasteiger partial charge < -0.3 is 14.8 Å². The van der Waals surface area contributed by atoms with E-state index < -0.39 is 0 Å². The quantitative estimate of drug-likeness (QED) is 0.528. The zero-order chi connectivity index (χ0) is 21.8. The second-order valence-corrected chi connectivity index (χ2v) is 8.87. The normalized spacial score (nSPS) is 18.4. The lowest BCUT2D eigenvalue weighted by atomic mass is 10.1. The SMILES string of the molecule is COc1ccc(/C=C2/NC(=S)N(c3ccccc3OC)C2=O)cc1CN1CCSCC1. The molecule has 0 radical (unpaired) electrons. The van der Waals surface area contributed by atoms with Gasteiger partial charge in [-0.1, -0.05) is 18.2 Å². The number of para-hydroxylation sites is 2. The van der Waals surface area contributed by atoms with Crippen LogP contribution in [0, 0.1) is 0 Å². The number of ether oxygens (including phenoxy) is 2. The Morgan fingerprint density at radius 3 is 2.58 bits per heavy atom. The number of carbonyl (C=O) groups is 1. The highest BCUT2D eigenvalue weighted by Gasteiger charge is 2.33. The molecule has 2 saturated heterocycles. The third-order valence-corrected chi connectivity index (χ3v) is 6.54. The lowest BCUT2D eigenvalue weighted by molar-refractivity contribution is -0.113. The van der Waals surface area contributed by atoms with Crippen molar-refractivity contribution in [1.82, 2.24) is 10.2 Å². The molecule has 6 nitrogen and oxygen atoms in total. The van der Waals surface area contributed by atoms with Gasteiger partial charge in [-0.3, -0.25) is 9.69 Å². The van der Waals surface area contributed by atoms with Gasteiger partial charge in [0.2, 0.25) is 0 Å². The molecule has 0 atom stereocenters. The first-order chi connectivity index (χ1) is 15.1. The second kappa shape index (κ2) is 9.72. The van der Waals surface area contributed by atoms with Gasteiger partial charge >= 0.3 is 0 Å². The molecule has 2 aromatic carbocycles. The zero-order valence-electron chi connectivity index (χ0n) is 17.6. The van der Waals surface area contributed by atoms with Crippen molar-refractivity contribution in [2.24, 2.45) is 0 Å². The van der Waals surface area contributed by atoms with Crippen LogP contribution in [-0.4, -0.2) is 54.7 Å². The van der Waals surface area contributed by atoms with Crippen LogP contribution >= 0.6 is 24.0 Å². The van der Waals surface area contributed by atoms with E-state index >= 15 is 0 Å². The Kier molecular flexibility index (Phi) is 6.80. The summed E-state index contributed by atoms with van der Waals surface area (Å²) >= 11 is 7.43. The molecule has 1 amide bonds. The minimum absolute atomic E-state index is 0.208. The number of rotatable bonds is 6. The van der Waals surface area contributed by atoms with Crippen LogP contribution in [0.2, 0.25) is 0 Å². The van der Waals surface area contributed by atoms with Crippen molar-refractivity contribution in [1.29, 1.82) is 0 Å². The van der Waals surface area contributed by atoms with Crippen LogP contribution in [0.1, 0.15) is 11.1 Å². The van der Waals surface area contributed by atoms with Gasteiger partial charge in [0.1, 0.15) is 17.2 Å². The number of nitrogens with one attached hydrogen (secondary N) is 1. The van der Waals surface area contributed by atoms with E-state index in [1.807, 2.05) is 54.2 Å². The first-order valence-electron chi connectivity index (χ1n) is 10.1. The molecule has 4 rings (SSSR count). The van der Waals surface area contributed by atoms with Gasteiger partial charge in [-0.15, -0.1) is 0 Å². The number of thiocarbonyl (C=S) groups is 1. The van der Waals surface area contributed by atoms with Crippen LogP contribution in [0.25, 0.3) is 6.08 Å². The van der Waals surface area contributed by atoms with E-state index in [4.69, 9.17) is 21.7 Å². The topological polar surface area (TPSA) is 54.0 Å². The average molecular weight is 456 g/mol. The molecule has 2 heterocycles. The molecular formula is C23H25N3O3S2. The van der Waals surface area contributed by atoms with Gasteiger partial charge in [0.05, 0.1) is 19.9 Å². The molecule has 8 heteroatoms. The Balaban J connectivity index is 1.60. The van der Waals surface area contributed by atoms with E-state index in [1.54, 1.807) is 14.2 Å². The van der Waals surface area contributed by atoms with Crippen LogP contribution in [0.15, 0.2) is 48.2 Å². The number of carbonyl (C=O) groups excluding carboxylic acids is 1. The van der Waals surface area contributed by atoms with E-state index in [-0.39, 0.29) is 5.91 Å². The molecule has 0 aliphatic carbocycles. The summed E-state index contributed by atoms with van der Waals surface area (Å²) in [5.74, 6) is 3.55. The van der Waals surface area contributed by atoms with Gasteiger partial charge in [0.15, 0.2) is 5.11 Å². The molecule has 0 saturated carbocycles. The Morgan fingerprint density at radius 1 is 1.10 bits per heavy atom. The number of thioether (sulfide) groups is 1. The van der Waals surface area contributed by atoms with Crippen molar-refractivity contribution in [3.05, 3.63) is 59.3 Å². The number of nitrogens with zero attached hydrogens (tertiary/aromatic N) is 2. The monoisotopic (exact) mass is 455 g/mol. The number of hydrogen-bond donors (Lipinski definition) is 1. The molecule has 0 unspecified atom stereocenters. The third kappa shape index (κ3) is 4.71. The van der Waals surface area contributed by atoms with Crippen LogP contribution in [0.4, 0.5) is 5.69 Å². The number of benzene rings is 2. The number of anilines is 1. The Bertz CT molecular complexity index is 1020. The lowest BCUT2D eigenvalue weighted by Crippen LogP contribution is -2.32. The molecule has 1 N–H and O–H groups in total. The molecule has 2 fully saturated rings. The van der Waals surface area contributed by atoms with Gasteiger partial charge in [-0.25, -0.2) is 4.90 Å². The molecule has 0 aromatic heterocycles. The molecule has 2 aliphatic heterocycles. The van der Waals surface area contributed by atoms with Crippen molar-refractivity contribution in [3.63, 3.8) is 0 Å². The number of hydrogen-bond acceptors (Lipinski definition) is 6. The molecular weight excluding hydrogens is 430 g/mol. The predicted octanol–water partition coefficient (Wildman–Crippen LogP) is 3.51. The average Bonchev–Trinajstić information content (AvgIpc) is 3.07. The Labute approximate surface area is 192 Å². The van der Waals surface area contributed by atoms with Crippen molar-refractivity contribution < 1.29 is 14.3 Å². The summed E-state index contributed by atoms with van der Waals surface area (Å²) in [6.07, 6.45) is 1.83. The van der Waals surface area contributed by atoms with Crippen molar-refractivity contribution in [2.75, 3.05) is 43.7 Å². The standard InChI is InChI=1S/C23H25N3O3S2/c1-28-20-8-7-16(13-17(20)15-25-9-11-31-12-10-25)14-18-22(27)26(23(30)24-18)19-5-3-4-6-21(19)29-2/h3-8,13-14H,9-12,15H2,1-2H3,(H,24,30)/b18-14+. The maximum absolute atomic E-state index is 13.1. The van der Waals surface area contributed by atoms with E-state index in [1.165, 1.54) is 4.90 Å². The minimum atomic E-state index is -0.208. The van der Waals surface area contributed by atoms with Crippen LogP contribution in [0.5, 0.6) is 11.5 Å². The lowest BCUT2D eigenvalue weighted by Gasteiger charge is -2.26. The van der Waals surface area contributed by atoms with Gasteiger partial charge in [0, 0.05) is 36.7 Å². The number of methoxy groups -OCH3 is 2. The molecule has 0 bridgehead atoms. The van der Waals surface area contributed by atoms with E-state index in [2.05, 4.69) is 16.3 Å². The summed E-state index contributed by atoms with van der Waals surface area (Å²) in [7, 11) is 3.27. The van der Waals surface area contributed by atoms with Crippen molar-refractivity contribution in [2.45, 2.75) is 6.54 Å². The number of amides is 1. The summed E-state index contributed by atoms with van der Waals surface area (Å²) in [4.78, 5) is 17.0. The van der Waals surface area contributed by atoms with E-state index in [0.29, 0.717) is 22.2 Å². The van der Waals surface area contributed by atoms with Crippen molar-refractivity contribution >= 4 is 46.8 Å². The summed E-state index contributed by atoms with van der Waals surface area (Å²) in [6, 6.07) is 13.3. The van der Waals surface area contributed by atoms with Crippen LogP contribution in [0.3, 0.4) is 0 Å². The molecule has 2 aliphatic rings. The first kappa shape index (κ1) is 21.7. The maximum atomic E-state index is 13.1. The van der Waals surface area contributed by atoms with Crippen LogP contribution < -0.4 is 19.7 Å². The fourth-order valence-electron chi connectivity index (χ4n) is 3.75. The fourth-order valence-corrected chi connectivity index (χ4v) is 5.02. The van der Waals surface area contributed by atoms with Crippen LogP contribution in [-0.2, 0) is 11.3 Å². The maximum Gasteiger partial charge on any atom is 0.281 e. The molecule has 162 valence electrons. The fraction of sp³-hybridized carbons (Fsp3) is 0.304. The minimum Gasteiger partial charge on any atom is -0.496 e. The third-order valence-electron chi connectivity index (χ3n) is 5.32. The highest BCUT2D eigenvalue weighted by Crippen LogP contribution is 2.32. The summed E-state index contributed by atoms with van der Waals surface area (Å²) in [5.41, 5.74) is 3.08. The van der Waals surface area contributed by atoms with Gasteiger partial charge in [0.25, 0.3) is 5.91 Å². The summed E-state index contributed by atoms with van der Waals surface area (Å²) < 4.78 is 11.0. The molecule has 2 aromatic rings. The summed E-state index contributed by atoms with van der Waals surface area (Å²) in [5, 5.41) is 3.38. The Hall–Kier alpha value is -2.55. The largest absolute Gasteiger partial charge is 0.496 e. The van der Waals surface area contributed by atoms with E-state index in [0.717, 1.165) is 48.0 Å². The van der Waals surface area contributed by atoms with Gasteiger partial charge in [-0.05, 0) is 48.1 Å². The smallest absolute Gasteiger partial charge is 0.281 e. The van der Waals surface area contributed by atoms with Crippen molar-refractivity contribution in [3.8, 4) is 11.5 Å². The first-order valence-corrected chi connectivity index (χ1v) is 11.6. The Morgan fingerprint density at radius 2 is 1.84 bits per heavy atom. The van der Waals surface area contributed by atoms with E-state index in [9.17, 15) is 4.79 Å². The highest BCUT2D eigenvalue weighted by atomic mass is 32.2. The predicted molar refractivity (Wildman–Crippen MR) is 130 cm³/mol. The second-order valence-electron chi connectivity index (χ2n) is 7.26.